The van der Waals surface area contributed by atoms with E-state index in [2.05, 4.69) is 31.9 Å². The first-order valence-corrected chi connectivity index (χ1v) is 24.5. The number of primary sulfonamides is 1. The van der Waals surface area contributed by atoms with Gasteiger partial charge < -0.3 is 0 Å². The van der Waals surface area contributed by atoms with Crippen LogP contribution in [0.4, 0.5) is 17.7 Å². The molecule has 5 aromatic rings. The largest absolute Gasteiger partial charge is 0.266 e. The molecule has 4 N–H and O–H groups in total. The molecule has 7 rings (SSSR count). The maximum Gasteiger partial charge on any atom is 0.266 e. The average Bonchev–Trinajstić information content (AvgIpc) is 3.26. The van der Waals surface area contributed by atoms with Gasteiger partial charge in [0.1, 0.15) is 0 Å². The van der Waals surface area contributed by atoms with Crippen LogP contribution in [-0.4, -0.2) is 35.0 Å². The van der Waals surface area contributed by atoms with Crippen molar-refractivity contribution in [3.63, 3.8) is 0 Å². The minimum atomic E-state index is -4.15. The first-order valence-electron chi connectivity index (χ1n) is 17.5. The van der Waals surface area contributed by atoms with Gasteiger partial charge in [0.15, 0.2) is 11.6 Å². The van der Waals surface area contributed by atoms with Crippen LogP contribution in [0.15, 0.2) is 175 Å². The van der Waals surface area contributed by atoms with Gasteiger partial charge in [0.05, 0.1) is 14.7 Å². The fraction of sp³-hybridized carbons (Fsp3) is 0.0476. The molecule has 5 aromatic carbocycles. The Morgan fingerprint density at radius 3 is 1.34 bits per heavy atom. The zero-order valence-corrected chi connectivity index (χ0v) is 38.7. The molecule has 0 amide bonds. The van der Waals surface area contributed by atoms with Crippen molar-refractivity contribution in [3.05, 3.63) is 195 Å². The fourth-order valence-corrected chi connectivity index (χ4v) is 8.88. The Morgan fingerprint density at radius 1 is 0.532 bits per heavy atom. The first-order chi connectivity index (χ1) is 29.2. The molecule has 62 heavy (non-hydrogen) atoms. The summed E-state index contributed by atoms with van der Waals surface area (Å²) in [4.78, 5) is 2.66. The lowest BCUT2D eigenvalue weighted by Crippen LogP contribution is -2.14. The number of hydrogen-bond donors (Lipinski definition) is 3. The summed E-state index contributed by atoms with van der Waals surface area (Å²) in [5.41, 5.74) is 4.70. The second-order valence-corrected chi connectivity index (χ2v) is 20.6. The van der Waals surface area contributed by atoms with Gasteiger partial charge >= 0.3 is 0 Å². The van der Waals surface area contributed by atoms with Crippen LogP contribution in [0.3, 0.4) is 0 Å². The van der Waals surface area contributed by atoms with Crippen LogP contribution in [0.2, 0.25) is 0 Å². The summed E-state index contributed by atoms with van der Waals surface area (Å²) in [6, 6.07) is 29.1. The quantitative estimate of drug-likeness (QED) is 0.0750. The van der Waals surface area contributed by atoms with Gasteiger partial charge in [0.2, 0.25) is 10.0 Å². The molecule has 2 atom stereocenters. The van der Waals surface area contributed by atoms with E-state index in [1.807, 2.05) is 36.4 Å². The number of allylic oxidation sites excluding steroid dienone is 8. The lowest BCUT2D eigenvalue weighted by atomic mass is 9.88. The highest BCUT2D eigenvalue weighted by molar-refractivity contribution is 9.13. The topological polar surface area (TPSA) is 152 Å². The number of rotatable bonds is 9. The minimum absolute atomic E-state index is 0.00598. The molecule has 0 spiro atoms. The van der Waals surface area contributed by atoms with Crippen molar-refractivity contribution in [3.8, 4) is 0 Å². The SMILES string of the molecule is NS(=O)(=O)c1ccccc1.O=S(=O)(NF)c1ccc(C2=CC(=S)C(c3ccc(Br)c(Br)c3)C=C2)cc1.O=S(=O)(NF)c1ccc(C2=CC(=S)C(c3ccc(F)c(F)c3)C=C2)cc1. The third kappa shape index (κ3) is 12.4. The zero-order valence-electron chi connectivity index (χ0n) is 31.4. The van der Waals surface area contributed by atoms with Crippen LogP contribution in [-0.2, 0) is 30.1 Å². The summed E-state index contributed by atoms with van der Waals surface area (Å²) < 4.78 is 120. The molecule has 0 fully saturated rings. The molecule has 9 nitrogen and oxygen atoms in total. The molecule has 2 aliphatic rings. The average molecular weight is 1070 g/mol. The predicted octanol–water partition coefficient (Wildman–Crippen LogP) is 10.0. The highest BCUT2D eigenvalue weighted by Gasteiger charge is 2.21. The standard InChI is InChI=1S/C18H12Br2FNO2S2.C18H12F3NO2S2.C6H7NO2S/c2*19-16-8-4-13(9-17(16)20)15-7-3-12(10-18(15)25)11-1-5-14(6-2-11)26(23,24)22-21;7-10(8,9)6-4-2-1-3-5-6/h2*1-10,15,22H;1-5H,(H2,7,8,9). The van der Waals surface area contributed by atoms with E-state index in [0.717, 1.165) is 58.1 Å². The van der Waals surface area contributed by atoms with Crippen molar-refractivity contribution in [2.75, 3.05) is 0 Å². The summed E-state index contributed by atoms with van der Waals surface area (Å²) in [6.45, 7) is 0. The number of nitrogens with one attached hydrogen (secondary N) is 2. The van der Waals surface area contributed by atoms with E-state index in [-0.39, 0.29) is 26.5 Å². The first kappa shape index (κ1) is 48.7. The number of thiocarbonyl (C=S) groups is 2. The van der Waals surface area contributed by atoms with Crippen molar-refractivity contribution in [1.29, 1.82) is 0 Å². The molecule has 0 aromatic heterocycles. The van der Waals surface area contributed by atoms with Crippen molar-refractivity contribution in [1.82, 2.24) is 9.89 Å². The Bertz CT molecular complexity index is 2800. The normalized spacial score (nSPS) is 16.3. The summed E-state index contributed by atoms with van der Waals surface area (Å²) in [5, 5.41) is 4.83. The van der Waals surface area contributed by atoms with E-state index >= 15 is 0 Å². The Labute approximate surface area is 383 Å². The summed E-state index contributed by atoms with van der Waals surface area (Å²) in [6.07, 6.45) is 11.1. The van der Waals surface area contributed by atoms with Crippen molar-refractivity contribution in [2.45, 2.75) is 26.5 Å². The van der Waals surface area contributed by atoms with E-state index < -0.39 is 41.7 Å². The second-order valence-electron chi connectivity index (χ2n) is 13.1. The van der Waals surface area contributed by atoms with Crippen LogP contribution >= 0.6 is 56.3 Å². The Balaban J connectivity index is 0.000000192. The Hall–Kier alpha value is -4.35. The van der Waals surface area contributed by atoms with Gasteiger partial charge in [0, 0.05) is 30.5 Å². The van der Waals surface area contributed by atoms with Crippen molar-refractivity contribution >= 4 is 107 Å². The molecule has 322 valence electrons. The zero-order chi connectivity index (χ0) is 45.4. The molecule has 20 heteroatoms. The highest BCUT2D eigenvalue weighted by Crippen LogP contribution is 2.34. The maximum atomic E-state index is 13.4. The minimum Gasteiger partial charge on any atom is -0.225 e. The highest BCUT2D eigenvalue weighted by atomic mass is 79.9. The van der Waals surface area contributed by atoms with Gasteiger partial charge in [-0.15, -0.1) is 8.96 Å². The van der Waals surface area contributed by atoms with Gasteiger partial charge in [-0.2, -0.15) is 0 Å². The van der Waals surface area contributed by atoms with Crippen LogP contribution in [0.25, 0.3) is 11.1 Å². The van der Waals surface area contributed by atoms with E-state index in [0.29, 0.717) is 16.0 Å². The van der Waals surface area contributed by atoms with E-state index in [1.165, 1.54) is 54.6 Å². The van der Waals surface area contributed by atoms with Gasteiger partial charge in [0.25, 0.3) is 20.0 Å². The lowest BCUT2D eigenvalue weighted by Gasteiger charge is -2.19. The summed E-state index contributed by atoms with van der Waals surface area (Å²) in [7, 11) is -11.8. The Kier molecular flexibility index (Phi) is 16.4. The number of halogens is 6. The molecule has 2 aliphatic carbocycles. The monoisotopic (exact) mass is 1070 g/mol. The molecule has 0 aliphatic heterocycles. The van der Waals surface area contributed by atoms with Crippen LogP contribution in [0.1, 0.15) is 34.1 Å². The van der Waals surface area contributed by atoms with Crippen molar-refractivity contribution in [2.24, 2.45) is 5.14 Å². The van der Waals surface area contributed by atoms with Crippen molar-refractivity contribution < 1.29 is 43.0 Å². The summed E-state index contributed by atoms with van der Waals surface area (Å²) in [5.74, 6) is -2.23. The molecule has 0 bridgehead atoms. The fourth-order valence-electron chi connectivity index (χ4n) is 5.85. The van der Waals surface area contributed by atoms with E-state index in [4.69, 9.17) is 29.6 Å². The molecule has 2 unspecified atom stereocenters. The molecule has 0 radical (unpaired) electrons. The molecular weight excluding hydrogens is 1040 g/mol. The smallest absolute Gasteiger partial charge is 0.225 e. The molecular formula is C42H31Br2F4N3O6S5. The predicted molar refractivity (Wildman–Crippen MR) is 247 cm³/mol. The van der Waals surface area contributed by atoms with E-state index in [9.17, 15) is 43.0 Å². The third-order valence-corrected chi connectivity index (χ3v) is 14.8. The second kappa shape index (κ2) is 20.9. The molecule has 0 saturated carbocycles. The third-order valence-electron chi connectivity index (χ3n) is 9.02. The molecule has 0 saturated heterocycles. The number of sulfonamides is 3. The van der Waals surface area contributed by atoms with Gasteiger partial charge in [-0.1, -0.05) is 103 Å². The Morgan fingerprint density at radius 2 is 0.968 bits per heavy atom. The summed E-state index contributed by atoms with van der Waals surface area (Å²) >= 11 is 17.9. The van der Waals surface area contributed by atoms with Gasteiger partial charge in [-0.3, -0.25) is 0 Å². The number of hydrogen-bond acceptors (Lipinski definition) is 8. The maximum absolute atomic E-state index is 13.4. The van der Waals surface area contributed by atoms with E-state index in [1.54, 1.807) is 48.6 Å². The lowest BCUT2D eigenvalue weighted by molar-refractivity contribution is 0.425. The van der Waals surface area contributed by atoms with Crippen LogP contribution in [0, 0.1) is 11.6 Å². The van der Waals surface area contributed by atoms with Crippen LogP contribution in [0.5, 0.6) is 0 Å². The number of benzene rings is 5. The molecule has 0 heterocycles. The van der Waals surface area contributed by atoms with Gasteiger partial charge in [-0.25, -0.2) is 39.2 Å². The number of nitrogens with two attached hydrogens (primary N) is 1. The van der Waals surface area contributed by atoms with Crippen LogP contribution < -0.4 is 15.0 Å². The van der Waals surface area contributed by atoms with Gasteiger partial charge in [-0.05, 0) is 148 Å².